The molecule has 4 aliphatic rings. The zero-order valence-electron chi connectivity index (χ0n) is 31.2. The lowest BCUT2D eigenvalue weighted by atomic mass is 9.95. The number of ether oxygens (including phenoxy) is 2. The second kappa shape index (κ2) is 23.3. The van der Waals surface area contributed by atoms with Crippen LogP contribution in [0.4, 0.5) is 0 Å². The molecule has 6 unspecified atom stereocenters. The number of hydrogen-bond donors (Lipinski definition) is 0. The average molecular weight is 649 g/mol. The lowest BCUT2D eigenvalue weighted by Gasteiger charge is -2.30. The fraction of sp³-hybridized carbons (Fsp3) is 0.822. The number of fused-ring (bicyclic) bond motifs is 8. The highest BCUT2D eigenvalue weighted by Gasteiger charge is 2.70. The Kier molecular flexibility index (Phi) is 19.2. The van der Waals surface area contributed by atoms with Crippen molar-refractivity contribution in [2.45, 2.75) is 212 Å². The van der Waals surface area contributed by atoms with Crippen molar-refractivity contribution in [2.75, 3.05) is 0 Å². The standard InChI is InChI=1S/C45H76O2/c1-3-5-7-9-11-13-15-17-19-21-23-25-27-29-31-33-35-45(46-43-41-38-42(44(43)47-45)40-37-39(40)41)36-34-32-30-28-26-24-22-20-18-16-14-12-10-8-6-4-2/h11-14,17-20,39-44H,3-10,15-16,21-38H2,1-2H3. The molecule has 3 aliphatic carbocycles. The lowest BCUT2D eigenvalue weighted by Crippen LogP contribution is -2.33. The normalized spacial score (nSPS) is 29.4. The Morgan fingerprint density at radius 3 is 1.15 bits per heavy atom. The Hall–Kier alpha value is -1.12. The number of hydrogen-bond acceptors (Lipinski definition) is 2. The van der Waals surface area contributed by atoms with Gasteiger partial charge in [0.2, 0.25) is 0 Å². The maximum absolute atomic E-state index is 7.01. The van der Waals surface area contributed by atoms with E-state index in [9.17, 15) is 0 Å². The second-order valence-corrected chi connectivity index (χ2v) is 15.9. The SMILES string of the molecule is CCCCCC=CCC=CCCCCCCCCC1(CCCCCCCCC=CCC=CCCCCC)OC2C3CC(C4CC43)C2O1. The molecule has 1 aliphatic heterocycles. The Bertz CT molecular complexity index is 841. The first-order chi connectivity index (χ1) is 23.3. The van der Waals surface area contributed by atoms with Gasteiger partial charge in [0.25, 0.3) is 0 Å². The van der Waals surface area contributed by atoms with Gasteiger partial charge in [-0.3, -0.25) is 0 Å². The average Bonchev–Trinajstić information content (AvgIpc) is 3.51. The van der Waals surface area contributed by atoms with Gasteiger partial charge in [-0.2, -0.15) is 0 Å². The molecular formula is C45H76O2. The smallest absolute Gasteiger partial charge is 0.169 e. The minimum atomic E-state index is -0.256. The molecule has 2 heteroatoms. The maximum Gasteiger partial charge on any atom is 0.169 e. The van der Waals surface area contributed by atoms with Crippen molar-refractivity contribution in [1.82, 2.24) is 0 Å². The number of unbranched alkanes of at least 4 members (excludes halogenated alkanes) is 18. The molecule has 2 nitrogen and oxygen atoms in total. The predicted octanol–water partition coefficient (Wildman–Crippen LogP) is 14.2. The largest absolute Gasteiger partial charge is 0.344 e. The molecule has 0 aromatic carbocycles. The van der Waals surface area contributed by atoms with Crippen LogP contribution in [-0.4, -0.2) is 18.0 Å². The van der Waals surface area contributed by atoms with E-state index in [4.69, 9.17) is 9.47 Å². The van der Waals surface area contributed by atoms with Crippen molar-refractivity contribution in [3.8, 4) is 0 Å². The summed E-state index contributed by atoms with van der Waals surface area (Å²) < 4.78 is 14.0. The molecule has 0 spiro atoms. The first-order valence-corrected chi connectivity index (χ1v) is 21.2. The van der Waals surface area contributed by atoms with E-state index in [1.165, 1.54) is 154 Å². The van der Waals surface area contributed by atoms with Gasteiger partial charge in [-0.15, -0.1) is 0 Å². The first kappa shape index (κ1) is 38.7. The molecule has 2 bridgehead atoms. The molecule has 0 aromatic rings. The molecule has 1 saturated heterocycles. The van der Waals surface area contributed by atoms with Gasteiger partial charge in [0.1, 0.15) is 0 Å². The van der Waals surface area contributed by atoms with Crippen LogP contribution in [0.2, 0.25) is 0 Å². The van der Waals surface area contributed by atoms with Crippen LogP contribution >= 0.6 is 0 Å². The van der Waals surface area contributed by atoms with E-state index in [2.05, 4.69) is 62.5 Å². The molecule has 4 rings (SSSR count). The van der Waals surface area contributed by atoms with Crippen LogP contribution in [-0.2, 0) is 9.47 Å². The summed E-state index contributed by atoms with van der Waals surface area (Å²) in [7, 11) is 0. The van der Waals surface area contributed by atoms with Crippen LogP contribution in [0.15, 0.2) is 48.6 Å². The predicted molar refractivity (Wildman–Crippen MR) is 204 cm³/mol. The monoisotopic (exact) mass is 649 g/mol. The van der Waals surface area contributed by atoms with E-state index < -0.39 is 0 Å². The van der Waals surface area contributed by atoms with Crippen molar-refractivity contribution in [3.05, 3.63) is 48.6 Å². The third-order valence-electron chi connectivity index (χ3n) is 11.9. The molecule has 0 aromatic heterocycles. The third-order valence-corrected chi connectivity index (χ3v) is 11.9. The van der Waals surface area contributed by atoms with Crippen molar-refractivity contribution in [2.24, 2.45) is 23.7 Å². The summed E-state index contributed by atoms with van der Waals surface area (Å²) in [5, 5.41) is 0. The van der Waals surface area contributed by atoms with Crippen LogP contribution in [0, 0.1) is 23.7 Å². The summed E-state index contributed by atoms with van der Waals surface area (Å²) in [6.45, 7) is 4.55. The van der Waals surface area contributed by atoms with Gasteiger partial charge in [0.15, 0.2) is 5.79 Å². The van der Waals surface area contributed by atoms with Crippen LogP contribution in [0.5, 0.6) is 0 Å². The van der Waals surface area contributed by atoms with Crippen molar-refractivity contribution >= 4 is 0 Å². The number of allylic oxidation sites excluding steroid dienone is 8. The topological polar surface area (TPSA) is 18.5 Å². The molecule has 6 atom stereocenters. The van der Waals surface area contributed by atoms with Crippen LogP contribution in [0.3, 0.4) is 0 Å². The highest BCUT2D eigenvalue weighted by Crippen LogP contribution is 2.69. The minimum absolute atomic E-state index is 0.256. The Morgan fingerprint density at radius 2 is 0.745 bits per heavy atom. The van der Waals surface area contributed by atoms with Crippen molar-refractivity contribution in [3.63, 3.8) is 0 Å². The van der Waals surface area contributed by atoms with Crippen molar-refractivity contribution in [1.29, 1.82) is 0 Å². The quantitative estimate of drug-likeness (QED) is 0.0570. The zero-order chi connectivity index (χ0) is 32.8. The van der Waals surface area contributed by atoms with Gasteiger partial charge in [-0.25, -0.2) is 0 Å². The summed E-state index contributed by atoms with van der Waals surface area (Å²) >= 11 is 0. The van der Waals surface area contributed by atoms with Crippen LogP contribution < -0.4 is 0 Å². The van der Waals surface area contributed by atoms with Gasteiger partial charge >= 0.3 is 0 Å². The van der Waals surface area contributed by atoms with E-state index >= 15 is 0 Å². The van der Waals surface area contributed by atoms with E-state index in [1.807, 2.05) is 0 Å². The fourth-order valence-corrected chi connectivity index (χ4v) is 9.09. The summed E-state index contributed by atoms with van der Waals surface area (Å²) in [5.74, 6) is 3.37. The lowest BCUT2D eigenvalue weighted by molar-refractivity contribution is -0.197. The Balaban J connectivity index is 1.02. The molecule has 268 valence electrons. The second-order valence-electron chi connectivity index (χ2n) is 15.9. The van der Waals surface area contributed by atoms with Gasteiger partial charge in [0.05, 0.1) is 12.2 Å². The number of rotatable bonds is 30. The summed E-state index contributed by atoms with van der Waals surface area (Å²) in [6, 6.07) is 0. The van der Waals surface area contributed by atoms with Crippen LogP contribution in [0.1, 0.15) is 194 Å². The molecule has 1 heterocycles. The van der Waals surface area contributed by atoms with Gasteiger partial charge < -0.3 is 9.47 Å². The van der Waals surface area contributed by atoms with Gasteiger partial charge in [-0.05, 0) is 114 Å². The first-order valence-electron chi connectivity index (χ1n) is 21.2. The molecule has 0 amide bonds. The fourth-order valence-electron chi connectivity index (χ4n) is 9.09. The van der Waals surface area contributed by atoms with E-state index in [0.717, 1.165) is 49.4 Å². The Labute approximate surface area is 292 Å². The highest BCUT2D eigenvalue weighted by atomic mass is 16.8. The highest BCUT2D eigenvalue weighted by molar-refractivity contribution is 5.17. The van der Waals surface area contributed by atoms with Gasteiger partial charge in [0, 0.05) is 12.8 Å². The zero-order valence-corrected chi connectivity index (χ0v) is 31.2. The molecule has 3 saturated carbocycles. The third kappa shape index (κ3) is 14.0. The molecule has 0 N–H and O–H groups in total. The molecule has 0 radical (unpaired) electrons. The summed E-state index contributed by atoms with van der Waals surface area (Å²) in [4.78, 5) is 0. The van der Waals surface area contributed by atoms with Gasteiger partial charge in [-0.1, -0.05) is 140 Å². The maximum atomic E-state index is 7.01. The van der Waals surface area contributed by atoms with Crippen molar-refractivity contribution < 1.29 is 9.47 Å². The van der Waals surface area contributed by atoms with E-state index in [0.29, 0.717) is 12.2 Å². The summed E-state index contributed by atoms with van der Waals surface area (Å²) in [5.41, 5.74) is 0. The van der Waals surface area contributed by atoms with E-state index in [-0.39, 0.29) is 5.79 Å². The van der Waals surface area contributed by atoms with Crippen LogP contribution in [0.25, 0.3) is 0 Å². The summed E-state index contributed by atoms with van der Waals surface area (Å²) in [6.07, 6.45) is 56.3. The molecule has 47 heavy (non-hydrogen) atoms. The molecule has 4 fully saturated rings. The Morgan fingerprint density at radius 1 is 0.404 bits per heavy atom. The molecular weight excluding hydrogens is 572 g/mol. The minimum Gasteiger partial charge on any atom is -0.344 e. The van der Waals surface area contributed by atoms with E-state index in [1.54, 1.807) is 0 Å².